The van der Waals surface area contributed by atoms with Crippen molar-refractivity contribution in [1.82, 2.24) is 14.2 Å². The van der Waals surface area contributed by atoms with Gasteiger partial charge >= 0.3 is 0 Å². The van der Waals surface area contributed by atoms with Gasteiger partial charge in [0.05, 0.1) is 6.26 Å². The second-order valence-electron chi connectivity index (χ2n) is 4.43. The highest BCUT2D eigenvalue weighted by Crippen LogP contribution is 2.12. The molecule has 0 unspecified atom stereocenters. The predicted octanol–water partition coefficient (Wildman–Crippen LogP) is 0.812. The van der Waals surface area contributed by atoms with E-state index in [9.17, 15) is 8.42 Å². The van der Waals surface area contributed by atoms with Gasteiger partial charge in [-0.05, 0) is 17.7 Å². The van der Waals surface area contributed by atoms with Crippen LogP contribution in [0.5, 0.6) is 0 Å². The maximum Gasteiger partial charge on any atom is 0.211 e. The van der Waals surface area contributed by atoms with Crippen LogP contribution in [0.1, 0.15) is 5.56 Å². The monoisotopic (exact) mass is 289 g/mol. The Balaban J connectivity index is 1.91. The lowest BCUT2D eigenvalue weighted by Crippen LogP contribution is -2.47. The minimum atomic E-state index is -3.05. The van der Waals surface area contributed by atoms with Gasteiger partial charge in [0.25, 0.3) is 0 Å². The van der Waals surface area contributed by atoms with Crippen LogP contribution in [0.2, 0.25) is 5.15 Å². The van der Waals surface area contributed by atoms with Crippen LogP contribution in [0.15, 0.2) is 18.3 Å². The molecule has 0 aliphatic carbocycles. The van der Waals surface area contributed by atoms with Crippen molar-refractivity contribution in [2.24, 2.45) is 0 Å². The van der Waals surface area contributed by atoms with Gasteiger partial charge in [-0.25, -0.2) is 13.4 Å². The Hall–Kier alpha value is -0.690. The van der Waals surface area contributed by atoms with E-state index in [1.165, 1.54) is 10.6 Å². The van der Waals surface area contributed by atoms with Crippen LogP contribution in [0.4, 0.5) is 0 Å². The Kier molecular flexibility index (Phi) is 4.21. The summed E-state index contributed by atoms with van der Waals surface area (Å²) in [5.74, 6) is 0. The summed E-state index contributed by atoms with van der Waals surface area (Å²) < 4.78 is 24.3. The number of hydrogen-bond donors (Lipinski definition) is 0. The first kappa shape index (κ1) is 13.7. The van der Waals surface area contributed by atoms with Crippen molar-refractivity contribution in [3.63, 3.8) is 0 Å². The topological polar surface area (TPSA) is 53.5 Å². The standard InChI is InChI=1S/C11H16ClN3O2S/c1-18(16,17)15-6-4-14(5-7-15)9-10-2-3-13-11(12)8-10/h2-3,8H,4-7,9H2,1H3. The highest BCUT2D eigenvalue weighted by Gasteiger charge is 2.23. The number of nitrogens with zero attached hydrogens (tertiary/aromatic N) is 3. The Bertz CT molecular complexity index is 513. The van der Waals surface area contributed by atoms with E-state index in [0.717, 1.165) is 25.2 Å². The summed E-state index contributed by atoms with van der Waals surface area (Å²) in [6.07, 6.45) is 2.94. The van der Waals surface area contributed by atoms with E-state index in [2.05, 4.69) is 9.88 Å². The Morgan fingerprint density at radius 2 is 2.00 bits per heavy atom. The minimum absolute atomic E-state index is 0.488. The quantitative estimate of drug-likeness (QED) is 0.773. The van der Waals surface area contributed by atoms with Gasteiger partial charge in [-0.3, -0.25) is 4.90 Å². The molecule has 0 amide bonds. The van der Waals surface area contributed by atoms with Gasteiger partial charge in [0.1, 0.15) is 5.15 Å². The third-order valence-electron chi connectivity index (χ3n) is 3.00. The molecule has 1 aromatic rings. The van der Waals surface area contributed by atoms with E-state index >= 15 is 0 Å². The summed E-state index contributed by atoms with van der Waals surface area (Å²) in [5, 5.41) is 0.488. The molecule has 5 nitrogen and oxygen atoms in total. The first-order chi connectivity index (χ1) is 8.45. The third kappa shape index (κ3) is 3.65. The molecule has 1 saturated heterocycles. The fourth-order valence-electron chi connectivity index (χ4n) is 2.02. The molecule has 7 heteroatoms. The molecule has 0 radical (unpaired) electrons. The average molecular weight is 290 g/mol. The van der Waals surface area contributed by atoms with Gasteiger partial charge in [0, 0.05) is 38.9 Å². The maximum atomic E-state index is 11.4. The second-order valence-corrected chi connectivity index (χ2v) is 6.79. The van der Waals surface area contributed by atoms with Crippen molar-refractivity contribution in [3.05, 3.63) is 29.0 Å². The largest absolute Gasteiger partial charge is 0.296 e. The number of pyridine rings is 1. The smallest absolute Gasteiger partial charge is 0.211 e. The zero-order valence-electron chi connectivity index (χ0n) is 10.2. The molecule has 18 heavy (non-hydrogen) atoms. The van der Waals surface area contributed by atoms with Crippen molar-refractivity contribution in [2.75, 3.05) is 32.4 Å². The van der Waals surface area contributed by atoms with Gasteiger partial charge < -0.3 is 0 Å². The Labute approximate surface area is 112 Å². The summed E-state index contributed by atoms with van der Waals surface area (Å²) in [6, 6.07) is 3.76. The van der Waals surface area contributed by atoms with Crippen LogP contribution < -0.4 is 0 Å². The van der Waals surface area contributed by atoms with E-state index in [4.69, 9.17) is 11.6 Å². The summed E-state index contributed by atoms with van der Waals surface area (Å²) in [5.41, 5.74) is 1.10. The van der Waals surface area contributed by atoms with E-state index in [1.807, 2.05) is 12.1 Å². The summed E-state index contributed by atoms with van der Waals surface area (Å²) in [4.78, 5) is 6.15. The lowest BCUT2D eigenvalue weighted by Gasteiger charge is -2.33. The van der Waals surface area contributed by atoms with E-state index in [1.54, 1.807) is 6.20 Å². The lowest BCUT2D eigenvalue weighted by molar-refractivity contribution is 0.182. The van der Waals surface area contributed by atoms with Crippen LogP contribution >= 0.6 is 11.6 Å². The second kappa shape index (κ2) is 5.52. The average Bonchev–Trinajstić information content (AvgIpc) is 2.28. The van der Waals surface area contributed by atoms with Crippen molar-refractivity contribution < 1.29 is 8.42 Å². The summed E-state index contributed by atoms with van der Waals surface area (Å²) in [7, 11) is -3.05. The van der Waals surface area contributed by atoms with Crippen LogP contribution in [0.3, 0.4) is 0 Å². The summed E-state index contributed by atoms with van der Waals surface area (Å²) in [6.45, 7) is 3.37. The number of aromatic nitrogens is 1. The first-order valence-electron chi connectivity index (χ1n) is 5.73. The van der Waals surface area contributed by atoms with E-state index < -0.39 is 10.0 Å². The van der Waals surface area contributed by atoms with E-state index in [0.29, 0.717) is 18.2 Å². The zero-order valence-corrected chi connectivity index (χ0v) is 11.8. The molecule has 0 spiro atoms. The first-order valence-corrected chi connectivity index (χ1v) is 7.96. The molecule has 1 aromatic heterocycles. The van der Waals surface area contributed by atoms with Gasteiger partial charge in [-0.2, -0.15) is 4.31 Å². The molecule has 2 heterocycles. The Morgan fingerprint density at radius 3 is 2.56 bits per heavy atom. The molecule has 0 saturated carbocycles. The molecule has 100 valence electrons. The molecule has 1 fully saturated rings. The van der Waals surface area contributed by atoms with Gasteiger partial charge in [-0.1, -0.05) is 11.6 Å². The highest BCUT2D eigenvalue weighted by molar-refractivity contribution is 7.88. The number of piperazine rings is 1. The molecule has 0 aromatic carbocycles. The molecular formula is C11H16ClN3O2S. The normalized spacial score (nSPS) is 19.0. The Morgan fingerprint density at radius 1 is 1.33 bits per heavy atom. The molecule has 1 aliphatic rings. The SMILES string of the molecule is CS(=O)(=O)N1CCN(Cc2ccnc(Cl)c2)CC1. The third-order valence-corrected chi connectivity index (χ3v) is 4.51. The molecular weight excluding hydrogens is 274 g/mol. The van der Waals surface area contributed by atoms with Crippen LogP contribution in [0, 0.1) is 0 Å². The lowest BCUT2D eigenvalue weighted by atomic mass is 10.2. The van der Waals surface area contributed by atoms with Crippen molar-refractivity contribution >= 4 is 21.6 Å². The number of sulfonamides is 1. The van der Waals surface area contributed by atoms with Crippen molar-refractivity contribution in [1.29, 1.82) is 0 Å². The maximum absolute atomic E-state index is 11.4. The molecule has 0 atom stereocenters. The van der Waals surface area contributed by atoms with Crippen molar-refractivity contribution in [2.45, 2.75) is 6.54 Å². The van der Waals surface area contributed by atoms with Gasteiger partial charge in [-0.15, -0.1) is 0 Å². The minimum Gasteiger partial charge on any atom is -0.296 e. The predicted molar refractivity (Wildman–Crippen MR) is 70.9 cm³/mol. The van der Waals surface area contributed by atoms with Crippen molar-refractivity contribution in [3.8, 4) is 0 Å². The van der Waals surface area contributed by atoms with Crippen LogP contribution in [-0.2, 0) is 16.6 Å². The van der Waals surface area contributed by atoms with Crippen LogP contribution in [0.25, 0.3) is 0 Å². The molecule has 1 aliphatic heterocycles. The number of halogens is 1. The van der Waals surface area contributed by atoms with Gasteiger partial charge in [0.2, 0.25) is 10.0 Å². The zero-order chi connectivity index (χ0) is 13.2. The van der Waals surface area contributed by atoms with E-state index in [-0.39, 0.29) is 0 Å². The van der Waals surface area contributed by atoms with Gasteiger partial charge in [0.15, 0.2) is 0 Å². The molecule has 0 bridgehead atoms. The number of rotatable bonds is 3. The number of hydrogen-bond acceptors (Lipinski definition) is 4. The highest BCUT2D eigenvalue weighted by atomic mass is 35.5. The fraction of sp³-hybridized carbons (Fsp3) is 0.545. The summed E-state index contributed by atoms with van der Waals surface area (Å²) >= 11 is 5.83. The molecule has 2 rings (SSSR count). The molecule has 0 N–H and O–H groups in total. The van der Waals surface area contributed by atoms with Crippen LogP contribution in [-0.4, -0.2) is 55.0 Å². The fourth-order valence-corrected chi connectivity index (χ4v) is 3.04.